The van der Waals surface area contributed by atoms with Gasteiger partial charge in [0.25, 0.3) is 0 Å². The second kappa shape index (κ2) is 7.75. The van der Waals surface area contributed by atoms with Gasteiger partial charge in [-0.05, 0) is 49.8 Å². The molecule has 0 aliphatic rings. The lowest BCUT2D eigenvalue weighted by molar-refractivity contribution is 0.289. The molecule has 0 fully saturated rings. The molecular formula is C15H25ClN2. The van der Waals surface area contributed by atoms with E-state index < -0.39 is 0 Å². The van der Waals surface area contributed by atoms with Crippen molar-refractivity contribution in [1.82, 2.24) is 10.3 Å². The van der Waals surface area contributed by atoms with E-state index in [2.05, 4.69) is 38.0 Å². The molecule has 0 amide bonds. The molecule has 0 saturated heterocycles. The maximum Gasteiger partial charge on any atom is 0.0621 e. The summed E-state index contributed by atoms with van der Waals surface area (Å²) < 4.78 is 0. The van der Waals surface area contributed by atoms with Crippen molar-refractivity contribution in [3.05, 3.63) is 29.0 Å². The summed E-state index contributed by atoms with van der Waals surface area (Å²) in [5.74, 6) is 1.23. The third-order valence-electron chi connectivity index (χ3n) is 3.53. The quantitative estimate of drug-likeness (QED) is 0.810. The zero-order valence-electron chi connectivity index (χ0n) is 11.9. The summed E-state index contributed by atoms with van der Waals surface area (Å²) in [6, 6.07) is 2.54. The molecule has 0 spiro atoms. The number of hydrogen-bond acceptors (Lipinski definition) is 2. The van der Waals surface area contributed by atoms with E-state index in [1.165, 1.54) is 12.0 Å². The van der Waals surface area contributed by atoms with Crippen molar-refractivity contribution in [1.29, 1.82) is 0 Å². The fraction of sp³-hybridized carbons (Fsp3) is 0.667. The van der Waals surface area contributed by atoms with Gasteiger partial charge in [-0.1, -0.05) is 32.4 Å². The highest BCUT2D eigenvalue weighted by Gasteiger charge is 2.21. The van der Waals surface area contributed by atoms with E-state index in [9.17, 15) is 0 Å². The van der Waals surface area contributed by atoms with Crippen LogP contribution in [0.3, 0.4) is 0 Å². The van der Waals surface area contributed by atoms with Crippen LogP contribution in [0.5, 0.6) is 0 Å². The Labute approximate surface area is 116 Å². The van der Waals surface area contributed by atoms with Gasteiger partial charge in [-0.2, -0.15) is 0 Å². The van der Waals surface area contributed by atoms with Crippen LogP contribution >= 0.6 is 11.6 Å². The van der Waals surface area contributed by atoms with Crippen molar-refractivity contribution in [2.24, 2.45) is 11.8 Å². The van der Waals surface area contributed by atoms with Crippen LogP contribution in [0.15, 0.2) is 18.5 Å². The highest BCUT2D eigenvalue weighted by Crippen LogP contribution is 2.24. The Morgan fingerprint density at radius 2 is 2.06 bits per heavy atom. The van der Waals surface area contributed by atoms with Gasteiger partial charge < -0.3 is 5.32 Å². The molecule has 0 aliphatic heterocycles. The zero-order valence-corrected chi connectivity index (χ0v) is 12.7. The molecular weight excluding hydrogens is 244 g/mol. The largest absolute Gasteiger partial charge is 0.314 e. The van der Waals surface area contributed by atoms with E-state index in [4.69, 9.17) is 11.6 Å². The van der Waals surface area contributed by atoms with E-state index in [1.807, 2.05) is 12.3 Å². The van der Waals surface area contributed by atoms with Crippen molar-refractivity contribution >= 4 is 11.6 Å². The fourth-order valence-electron chi connectivity index (χ4n) is 2.34. The first-order valence-corrected chi connectivity index (χ1v) is 7.25. The van der Waals surface area contributed by atoms with E-state index in [-0.39, 0.29) is 0 Å². The van der Waals surface area contributed by atoms with Gasteiger partial charge in [-0.15, -0.1) is 0 Å². The number of pyridine rings is 1. The molecule has 0 bridgehead atoms. The average Bonchev–Trinajstić information content (AvgIpc) is 2.34. The second-order valence-electron chi connectivity index (χ2n) is 5.32. The zero-order chi connectivity index (χ0) is 13.5. The van der Waals surface area contributed by atoms with Gasteiger partial charge in [0, 0.05) is 18.4 Å². The van der Waals surface area contributed by atoms with Crippen molar-refractivity contribution in [2.75, 3.05) is 6.54 Å². The van der Waals surface area contributed by atoms with Gasteiger partial charge in [0.15, 0.2) is 0 Å². The van der Waals surface area contributed by atoms with Crippen LogP contribution in [-0.4, -0.2) is 17.6 Å². The van der Waals surface area contributed by atoms with Crippen LogP contribution in [0.2, 0.25) is 5.02 Å². The smallest absolute Gasteiger partial charge is 0.0621 e. The molecule has 2 atom stereocenters. The lowest BCUT2D eigenvalue weighted by atomic mass is 9.84. The van der Waals surface area contributed by atoms with Crippen LogP contribution in [0, 0.1) is 11.8 Å². The molecule has 2 unspecified atom stereocenters. The Kier molecular flexibility index (Phi) is 6.66. The molecule has 102 valence electrons. The van der Waals surface area contributed by atoms with Gasteiger partial charge in [0.2, 0.25) is 0 Å². The first-order valence-electron chi connectivity index (χ1n) is 6.88. The van der Waals surface area contributed by atoms with Gasteiger partial charge in [-0.3, -0.25) is 4.98 Å². The molecule has 2 nitrogen and oxygen atoms in total. The first-order chi connectivity index (χ1) is 8.56. The molecule has 0 saturated carbocycles. The van der Waals surface area contributed by atoms with Gasteiger partial charge in [0.1, 0.15) is 0 Å². The predicted octanol–water partition coefficient (Wildman–Crippen LogP) is 3.94. The van der Waals surface area contributed by atoms with Crippen molar-refractivity contribution in [3.8, 4) is 0 Å². The minimum atomic E-state index is 0.509. The minimum Gasteiger partial charge on any atom is -0.314 e. The molecule has 1 heterocycles. The molecule has 0 aromatic carbocycles. The minimum absolute atomic E-state index is 0.509. The number of nitrogens with zero attached hydrogens (tertiary/aromatic N) is 1. The topological polar surface area (TPSA) is 24.9 Å². The molecule has 3 heteroatoms. The molecule has 0 aliphatic carbocycles. The standard InChI is InChI=1S/C15H25ClN2/c1-5-7-18-12(4)14(11(2)3)9-13-6-8-17-10-15(13)16/h6,8,10-12,14,18H,5,7,9H2,1-4H3. The summed E-state index contributed by atoms with van der Waals surface area (Å²) in [5.41, 5.74) is 1.20. The third kappa shape index (κ3) is 4.58. The second-order valence-corrected chi connectivity index (χ2v) is 5.73. The number of aromatic nitrogens is 1. The van der Waals surface area contributed by atoms with Crippen LogP contribution in [0.4, 0.5) is 0 Å². The van der Waals surface area contributed by atoms with Crippen molar-refractivity contribution < 1.29 is 0 Å². The van der Waals surface area contributed by atoms with Crippen LogP contribution in [0.1, 0.15) is 39.7 Å². The van der Waals surface area contributed by atoms with Crippen molar-refractivity contribution in [3.63, 3.8) is 0 Å². The predicted molar refractivity (Wildman–Crippen MR) is 79.0 cm³/mol. The van der Waals surface area contributed by atoms with Gasteiger partial charge in [0.05, 0.1) is 5.02 Å². The van der Waals surface area contributed by atoms with Crippen LogP contribution < -0.4 is 5.32 Å². The van der Waals surface area contributed by atoms with Crippen LogP contribution in [0.25, 0.3) is 0 Å². The fourth-order valence-corrected chi connectivity index (χ4v) is 2.53. The Morgan fingerprint density at radius 3 is 2.61 bits per heavy atom. The lowest BCUT2D eigenvalue weighted by Gasteiger charge is -2.28. The summed E-state index contributed by atoms with van der Waals surface area (Å²) in [4.78, 5) is 4.04. The highest BCUT2D eigenvalue weighted by molar-refractivity contribution is 6.31. The summed E-state index contributed by atoms with van der Waals surface area (Å²) >= 11 is 6.20. The summed E-state index contributed by atoms with van der Waals surface area (Å²) in [6.07, 6.45) is 5.74. The summed E-state index contributed by atoms with van der Waals surface area (Å²) in [6.45, 7) is 10.1. The number of hydrogen-bond donors (Lipinski definition) is 1. The molecule has 1 rings (SSSR count). The van der Waals surface area contributed by atoms with Crippen molar-refractivity contribution in [2.45, 2.75) is 46.6 Å². The number of halogens is 1. The molecule has 1 aromatic heterocycles. The normalized spacial score (nSPS) is 14.8. The number of nitrogens with one attached hydrogen (secondary N) is 1. The SMILES string of the molecule is CCCNC(C)C(Cc1ccncc1Cl)C(C)C. The molecule has 1 aromatic rings. The van der Waals surface area contributed by atoms with E-state index in [0.29, 0.717) is 17.9 Å². The summed E-state index contributed by atoms with van der Waals surface area (Å²) in [5, 5.41) is 4.38. The first kappa shape index (κ1) is 15.5. The molecule has 0 radical (unpaired) electrons. The highest BCUT2D eigenvalue weighted by atomic mass is 35.5. The Balaban J connectivity index is 2.71. The van der Waals surface area contributed by atoms with Gasteiger partial charge >= 0.3 is 0 Å². The molecule has 18 heavy (non-hydrogen) atoms. The Morgan fingerprint density at radius 1 is 1.33 bits per heavy atom. The van der Waals surface area contributed by atoms with Gasteiger partial charge in [-0.25, -0.2) is 0 Å². The van der Waals surface area contributed by atoms with E-state index in [1.54, 1.807) is 6.20 Å². The third-order valence-corrected chi connectivity index (χ3v) is 3.87. The van der Waals surface area contributed by atoms with E-state index >= 15 is 0 Å². The average molecular weight is 269 g/mol. The monoisotopic (exact) mass is 268 g/mol. The maximum atomic E-state index is 6.20. The maximum absolute atomic E-state index is 6.20. The van der Waals surface area contributed by atoms with E-state index in [0.717, 1.165) is 18.0 Å². The van der Waals surface area contributed by atoms with Crippen LogP contribution in [-0.2, 0) is 6.42 Å². The lowest BCUT2D eigenvalue weighted by Crippen LogP contribution is -2.37. The Hall–Kier alpha value is -0.600. The Bertz CT molecular complexity index is 352. The summed E-state index contributed by atoms with van der Waals surface area (Å²) in [7, 11) is 0. The number of rotatable bonds is 7. The molecule has 1 N–H and O–H groups in total.